The van der Waals surface area contributed by atoms with Gasteiger partial charge >= 0.3 is 5.97 Å². The minimum absolute atomic E-state index is 0.155. The number of ether oxygens (including phenoxy) is 1. The van der Waals surface area contributed by atoms with E-state index < -0.39 is 0 Å². The van der Waals surface area contributed by atoms with Gasteiger partial charge in [0.25, 0.3) is 0 Å². The standard InChI is InChI=1S/C28H25ClN4O2S/c1-17-15-23(18(2)32(17)22-8-6-7-19(16-22)27(34)35-3)26-25(24-9-4-5-14-30-24)31-28(36)33(26)21-12-10-20(29)11-13-21/h4-16,25-26H,1-3H3,(H,31,36)/t25-,26-/m0/s1. The molecule has 2 atom stereocenters. The molecule has 182 valence electrons. The van der Waals surface area contributed by atoms with Crippen molar-refractivity contribution >= 4 is 40.6 Å². The van der Waals surface area contributed by atoms with Crippen LogP contribution in [0.2, 0.25) is 5.02 Å². The first kappa shape index (κ1) is 24.0. The Balaban J connectivity index is 1.66. The summed E-state index contributed by atoms with van der Waals surface area (Å²) in [5.41, 5.74) is 6.43. The molecule has 0 radical (unpaired) electrons. The van der Waals surface area contributed by atoms with E-state index in [9.17, 15) is 4.79 Å². The number of pyridine rings is 1. The van der Waals surface area contributed by atoms with Gasteiger partial charge in [0.1, 0.15) is 0 Å². The van der Waals surface area contributed by atoms with Gasteiger partial charge in [-0.3, -0.25) is 4.98 Å². The molecule has 1 fully saturated rings. The number of nitrogens with one attached hydrogen (secondary N) is 1. The molecule has 2 aromatic heterocycles. The van der Waals surface area contributed by atoms with Gasteiger partial charge < -0.3 is 19.5 Å². The van der Waals surface area contributed by atoms with Crippen molar-refractivity contribution < 1.29 is 9.53 Å². The largest absolute Gasteiger partial charge is 0.465 e. The summed E-state index contributed by atoms with van der Waals surface area (Å²) in [6.07, 6.45) is 1.80. The first-order valence-corrected chi connectivity index (χ1v) is 12.3. The number of thiocarbonyl (C=S) groups is 1. The van der Waals surface area contributed by atoms with Crippen molar-refractivity contribution in [2.24, 2.45) is 0 Å². The first-order chi connectivity index (χ1) is 17.4. The lowest BCUT2D eigenvalue weighted by Gasteiger charge is -2.28. The third-order valence-corrected chi connectivity index (χ3v) is 7.08. The third kappa shape index (κ3) is 4.25. The second kappa shape index (κ2) is 9.76. The van der Waals surface area contributed by atoms with Crippen LogP contribution in [-0.4, -0.2) is 27.7 Å². The summed E-state index contributed by atoms with van der Waals surface area (Å²) in [6, 6.07) is 22.9. The van der Waals surface area contributed by atoms with E-state index in [4.69, 9.17) is 28.6 Å². The number of carbonyl (C=O) groups excluding carboxylic acids is 1. The number of aryl methyl sites for hydroxylation is 1. The van der Waals surface area contributed by atoms with Gasteiger partial charge in [-0.1, -0.05) is 23.7 Å². The van der Waals surface area contributed by atoms with Crippen LogP contribution in [0.4, 0.5) is 5.69 Å². The van der Waals surface area contributed by atoms with Crippen molar-refractivity contribution in [2.45, 2.75) is 25.9 Å². The molecule has 6 nitrogen and oxygen atoms in total. The van der Waals surface area contributed by atoms with Gasteiger partial charge in [0.05, 0.1) is 30.5 Å². The highest BCUT2D eigenvalue weighted by Gasteiger charge is 2.42. The minimum Gasteiger partial charge on any atom is -0.465 e. The number of anilines is 1. The average molecular weight is 517 g/mol. The molecular weight excluding hydrogens is 492 g/mol. The molecule has 0 aliphatic carbocycles. The van der Waals surface area contributed by atoms with E-state index in [1.54, 1.807) is 12.3 Å². The zero-order valence-electron chi connectivity index (χ0n) is 20.1. The fourth-order valence-electron chi connectivity index (χ4n) is 4.92. The SMILES string of the molecule is COC(=O)c1cccc(-n2c(C)cc([C@H]3[C@H](c4ccccn4)NC(=S)N3c3ccc(Cl)cc3)c2C)c1. The van der Waals surface area contributed by atoms with Crippen molar-refractivity contribution in [1.29, 1.82) is 0 Å². The van der Waals surface area contributed by atoms with Gasteiger partial charge in [-0.2, -0.15) is 0 Å². The van der Waals surface area contributed by atoms with E-state index >= 15 is 0 Å². The molecule has 4 aromatic rings. The van der Waals surface area contributed by atoms with E-state index in [1.807, 2.05) is 60.7 Å². The van der Waals surface area contributed by atoms with Crippen LogP contribution in [0.5, 0.6) is 0 Å². The maximum atomic E-state index is 12.2. The van der Waals surface area contributed by atoms with Gasteiger partial charge in [0.2, 0.25) is 0 Å². The molecule has 2 aromatic carbocycles. The van der Waals surface area contributed by atoms with Crippen molar-refractivity contribution in [3.63, 3.8) is 0 Å². The van der Waals surface area contributed by atoms with Gasteiger partial charge in [-0.25, -0.2) is 4.79 Å². The summed E-state index contributed by atoms with van der Waals surface area (Å²) in [5.74, 6) is -0.367. The fraction of sp³-hybridized carbons (Fsp3) is 0.179. The topological polar surface area (TPSA) is 59.4 Å². The Kier molecular flexibility index (Phi) is 6.51. The average Bonchev–Trinajstić information content (AvgIpc) is 3.39. The van der Waals surface area contributed by atoms with Crippen LogP contribution < -0.4 is 10.2 Å². The zero-order valence-corrected chi connectivity index (χ0v) is 21.7. The number of nitrogens with zero attached hydrogens (tertiary/aromatic N) is 3. The van der Waals surface area contributed by atoms with Crippen molar-refractivity contribution in [3.05, 3.63) is 112 Å². The van der Waals surface area contributed by atoms with Crippen molar-refractivity contribution in [3.8, 4) is 5.69 Å². The number of hydrogen-bond donors (Lipinski definition) is 1. The molecule has 0 unspecified atom stereocenters. The van der Waals surface area contributed by atoms with Crippen LogP contribution in [0.25, 0.3) is 5.69 Å². The number of aromatic nitrogens is 2. The molecule has 0 saturated carbocycles. The summed E-state index contributed by atoms with van der Waals surface area (Å²) in [7, 11) is 1.39. The smallest absolute Gasteiger partial charge is 0.337 e. The molecule has 5 rings (SSSR count). The predicted molar refractivity (Wildman–Crippen MR) is 146 cm³/mol. The van der Waals surface area contributed by atoms with Gasteiger partial charge in [-0.15, -0.1) is 0 Å². The van der Waals surface area contributed by atoms with Crippen LogP contribution in [0.3, 0.4) is 0 Å². The van der Waals surface area contributed by atoms with Crippen LogP contribution in [0, 0.1) is 13.8 Å². The number of esters is 1. The Morgan fingerprint density at radius 3 is 2.50 bits per heavy atom. The van der Waals surface area contributed by atoms with Crippen LogP contribution in [0.15, 0.2) is 79.0 Å². The maximum Gasteiger partial charge on any atom is 0.337 e. The number of hydrogen-bond acceptors (Lipinski definition) is 4. The summed E-state index contributed by atoms with van der Waals surface area (Å²) >= 11 is 12.0. The highest BCUT2D eigenvalue weighted by atomic mass is 35.5. The quantitative estimate of drug-likeness (QED) is 0.255. The van der Waals surface area contributed by atoms with E-state index in [0.29, 0.717) is 15.7 Å². The Morgan fingerprint density at radius 2 is 1.81 bits per heavy atom. The van der Waals surface area contributed by atoms with E-state index in [2.05, 4.69) is 39.7 Å². The molecule has 1 N–H and O–H groups in total. The molecule has 8 heteroatoms. The number of carbonyl (C=O) groups is 1. The lowest BCUT2D eigenvalue weighted by atomic mass is 9.96. The van der Waals surface area contributed by atoms with Crippen LogP contribution >= 0.6 is 23.8 Å². The number of rotatable bonds is 5. The van der Waals surface area contributed by atoms with E-state index in [-0.39, 0.29) is 18.1 Å². The second-order valence-corrected chi connectivity index (χ2v) is 9.50. The van der Waals surface area contributed by atoms with Gasteiger partial charge in [-0.05, 0) is 92.3 Å². The van der Waals surface area contributed by atoms with Crippen LogP contribution in [-0.2, 0) is 4.74 Å². The Labute approximate surface area is 220 Å². The normalized spacial score (nSPS) is 17.2. The predicted octanol–water partition coefficient (Wildman–Crippen LogP) is 6.11. The number of halogens is 1. The Hall–Kier alpha value is -3.68. The monoisotopic (exact) mass is 516 g/mol. The van der Waals surface area contributed by atoms with Gasteiger partial charge in [0.15, 0.2) is 5.11 Å². The Bertz CT molecular complexity index is 1440. The third-order valence-electron chi connectivity index (χ3n) is 6.52. The highest BCUT2D eigenvalue weighted by molar-refractivity contribution is 7.80. The molecule has 0 amide bonds. The highest BCUT2D eigenvalue weighted by Crippen LogP contribution is 2.43. The molecule has 1 saturated heterocycles. The first-order valence-electron chi connectivity index (χ1n) is 11.5. The summed E-state index contributed by atoms with van der Waals surface area (Å²) in [6.45, 7) is 4.15. The summed E-state index contributed by atoms with van der Waals surface area (Å²) in [5, 5.41) is 4.79. The summed E-state index contributed by atoms with van der Waals surface area (Å²) < 4.78 is 7.08. The minimum atomic E-state index is -0.367. The number of methoxy groups -OCH3 is 1. The molecule has 36 heavy (non-hydrogen) atoms. The molecule has 1 aliphatic heterocycles. The molecule has 0 bridgehead atoms. The van der Waals surface area contributed by atoms with Crippen molar-refractivity contribution in [2.75, 3.05) is 12.0 Å². The molecule has 0 spiro atoms. The Morgan fingerprint density at radius 1 is 1.03 bits per heavy atom. The summed E-state index contributed by atoms with van der Waals surface area (Å²) in [4.78, 5) is 18.9. The van der Waals surface area contributed by atoms with Gasteiger partial charge in [0, 0.05) is 34.0 Å². The second-order valence-electron chi connectivity index (χ2n) is 8.68. The molecular formula is C28H25ClN4O2S. The lowest BCUT2D eigenvalue weighted by Crippen LogP contribution is -2.29. The zero-order chi connectivity index (χ0) is 25.4. The number of benzene rings is 2. The fourth-order valence-corrected chi connectivity index (χ4v) is 5.40. The van der Waals surface area contributed by atoms with E-state index in [1.165, 1.54) is 7.11 Å². The molecule has 3 heterocycles. The van der Waals surface area contributed by atoms with Crippen molar-refractivity contribution in [1.82, 2.24) is 14.9 Å². The van der Waals surface area contributed by atoms with E-state index in [0.717, 1.165) is 34.0 Å². The van der Waals surface area contributed by atoms with Crippen LogP contribution in [0.1, 0.15) is 45.1 Å². The lowest BCUT2D eigenvalue weighted by molar-refractivity contribution is 0.0600. The molecule has 1 aliphatic rings. The maximum absolute atomic E-state index is 12.2.